The molecule has 1 aliphatic heterocycles. The van der Waals surface area contributed by atoms with Crippen molar-refractivity contribution in [3.8, 4) is 11.5 Å². The number of aromatic amines is 1. The molecule has 140 valence electrons. The first kappa shape index (κ1) is 16.4. The Balaban J connectivity index is 1.24. The minimum absolute atomic E-state index is 0.152. The lowest BCUT2D eigenvalue weighted by Crippen LogP contribution is -2.33. The molecule has 1 unspecified atom stereocenters. The molecule has 1 aliphatic rings. The van der Waals surface area contributed by atoms with Gasteiger partial charge in [-0.1, -0.05) is 12.1 Å². The van der Waals surface area contributed by atoms with Crippen molar-refractivity contribution in [2.24, 2.45) is 0 Å². The summed E-state index contributed by atoms with van der Waals surface area (Å²) in [5.41, 5.74) is 2.80. The minimum Gasteiger partial charge on any atom is -0.486 e. The molecule has 0 fully saturated rings. The maximum absolute atomic E-state index is 12.5. The molecule has 1 amide bonds. The molecule has 0 radical (unpaired) electrons. The summed E-state index contributed by atoms with van der Waals surface area (Å²) in [5.74, 6) is 1.28. The Morgan fingerprint density at radius 1 is 1.25 bits per heavy atom. The summed E-state index contributed by atoms with van der Waals surface area (Å²) < 4.78 is 13.4. The van der Waals surface area contributed by atoms with Crippen molar-refractivity contribution in [1.82, 2.24) is 19.7 Å². The largest absolute Gasteiger partial charge is 0.486 e. The Kier molecular flexibility index (Phi) is 3.93. The van der Waals surface area contributed by atoms with Crippen molar-refractivity contribution in [2.75, 3.05) is 11.9 Å². The average Bonchev–Trinajstić information content (AvgIpc) is 3.36. The molecule has 2 aromatic carbocycles. The maximum Gasteiger partial charge on any atom is 0.255 e. The highest BCUT2D eigenvalue weighted by Gasteiger charge is 2.21. The van der Waals surface area contributed by atoms with Crippen LogP contribution in [0, 0.1) is 0 Å². The van der Waals surface area contributed by atoms with Gasteiger partial charge >= 0.3 is 0 Å². The molecule has 0 bridgehead atoms. The van der Waals surface area contributed by atoms with Crippen LogP contribution in [-0.4, -0.2) is 38.4 Å². The highest BCUT2D eigenvalue weighted by molar-refractivity contribution is 6.05. The van der Waals surface area contributed by atoms with Crippen molar-refractivity contribution in [2.45, 2.75) is 12.6 Å². The van der Waals surface area contributed by atoms with Crippen molar-refractivity contribution in [3.05, 3.63) is 66.7 Å². The van der Waals surface area contributed by atoms with Gasteiger partial charge < -0.3 is 19.8 Å². The third-order valence-corrected chi connectivity index (χ3v) is 4.53. The van der Waals surface area contributed by atoms with Crippen LogP contribution in [0.2, 0.25) is 0 Å². The predicted molar refractivity (Wildman–Crippen MR) is 103 cm³/mol. The fourth-order valence-electron chi connectivity index (χ4n) is 3.17. The van der Waals surface area contributed by atoms with Gasteiger partial charge in [0.25, 0.3) is 5.91 Å². The fourth-order valence-corrected chi connectivity index (χ4v) is 3.17. The van der Waals surface area contributed by atoms with E-state index in [2.05, 4.69) is 20.4 Å². The number of rotatable bonds is 4. The number of carbonyl (C=O) groups is 1. The van der Waals surface area contributed by atoms with E-state index in [1.807, 2.05) is 30.3 Å². The van der Waals surface area contributed by atoms with Crippen LogP contribution >= 0.6 is 0 Å². The molecule has 1 atom stereocenters. The van der Waals surface area contributed by atoms with Gasteiger partial charge in [0.2, 0.25) is 0 Å². The first-order valence-corrected chi connectivity index (χ1v) is 8.90. The summed E-state index contributed by atoms with van der Waals surface area (Å²) >= 11 is 0. The van der Waals surface area contributed by atoms with Gasteiger partial charge in [-0.3, -0.25) is 9.48 Å². The second kappa shape index (κ2) is 6.73. The predicted octanol–water partition coefficient (Wildman–Crippen LogP) is 2.85. The summed E-state index contributed by atoms with van der Waals surface area (Å²) in [5, 5.41) is 7.16. The van der Waals surface area contributed by atoms with Gasteiger partial charge in [-0.15, -0.1) is 0 Å². The topological polar surface area (TPSA) is 94.1 Å². The summed E-state index contributed by atoms with van der Waals surface area (Å²) in [7, 11) is 0. The van der Waals surface area contributed by atoms with E-state index in [-0.39, 0.29) is 12.0 Å². The van der Waals surface area contributed by atoms with Crippen LogP contribution in [-0.2, 0) is 6.54 Å². The lowest BCUT2D eigenvalue weighted by Gasteiger charge is -2.26. The standard InChI is InChI=1S/C20H17N5O3/c26-20(13-5-6-16-17(7-13)22-12-21-16)24-14-8-23-25(9-14)10-15-11-27-18-3-1-2-4-19(18)28-15/h1-9,12,15H,10-11H2,(H,21,22)(H,24,26). The average molecular weight is 375 g/mol. The molecule has 8 heteroatoms. The zero-order valence-corrected chi connectivity index (χ0v) is 14.8. The monoisotopic (exact) mass is 375 g/mol. The van der Waals surface area contributed by atoms with Crippen molar-refractivity contribution < 1.29 is 14.3 Å². The molecule has 2 N–H and O–H groups in total. The smallest absolute Gasteiger partial charge is 0.255 e. The third-order valence-electron chi connectivity index (χ3n) is 4.53. The van der Waals surface area contributed by atoms with Crippen LogP contribution < -0.4 is 14.8 Å². The van der Waals surface area contributed by atoms with E-state index in [0.717, 1.165) is 22.5 Å². The number of fused-ring (bicyclic) bond motifs is 2. The van der Waals surface area contributed by atoms with E-state index in [4.69, 9.17) is 9.47 Å². The number of benzene rings is 2. The first-order chi connectivity index (χ1) is 13.7. The number of para-hydroxylation sites is 2. The fraction of sp³-hybridized carbons (Fsp3) is 0.150. The van der Waals surface area contributed by atoms with Gasteiger partial charge in [0.05, 0.1) is 35.8 Å². The number of anilines is 1. The van der Waals surface area contributed by atoms with Crippen LogP contribution in [0.5, 0.6) is 11.5 Å². The number of hydrogen-bond donors (Lipinski definition) is 2. The first-order valence-electron chi connectivity index (χ1n) is 8.90. The summed E-state index contributed by atoms with van der Waals surface area (Å²) in [6.45, 7) is 0.965. The van der Waals surface area contributed by atoms with Gasteiger partial charge in [0.15, 0.2) is 17.6 Å². The number of amides is 1. The lowest BCUT2D eigenvalue weighted by molar-refractivity contribution is 0.0759. The van der Waals surface area contributed by atoms with Crippen LogP contribution in [0.1, 0.15) is 10.4 Å². The Morgan fingerprint density at radius 2 is 2.14 bits per heavy atom. The van der Waals surface area contributed by atoms with E-state index in [0.29, 0.717) is 24.4 Å². The van der Waals surface area contributed by atoms with E-state index >= 15 is 0 Å². The van der Waals surface area contributed by atoms with E-state index in [1.165, 1.54) is 0 Å². The van der Waals surface area contributed by atoms with Crippen molar-refractivity contribution in [3.63, 3.8) is 0 Å². The minimum atomic E-state index is -0.206. The number of hydrogen-bond acceptors (Lipinski definition) is 5. The molecule has 0 spiro atoms. The molecule has 0 saturated heterocycles. The number of imidazole rings is 1. The number of ether oxygens (including phenoxy) is 2. The highest BCUT2D eigenvalue weighted by atomic mass is 16.6. The molecule has 0 aliphatic carbocycles. The molecule has 4 aromatic rings. The number of H-pyrrole nitrogens is 1. The summed E-state index contributed by atoms with van der Waals surface area (Å²) in [6, 6.07) is 12.9. The Hall–Kier alpha value is -3.81. The van der Waals surface area contributed by atoms with Crippen molar-refractivity contribution >= 4 is 22.6 Å². The Labute approximate surface area is 160 Å². The number of nitrogens with one attached hydrogen (secondary N) is 2. The summed E-state index contributed by atoms with van der Waals surface area (Å²) in [4.78, 5) is 19.6. The van der Waals surface area contributed by atoms with Gasteiger partial charge in [0.1, 0.15) is 6.61 Å². The number of nitrogens with zero attached hydrogens (tertiary/aromatic N) is 3. The second-order valence-corrected chi connectivity index (χ2v) is 6.54. The maximum atomic E-state index is 12.5. The quantitative estimate of drug-likeness (QED) is 0.572. The number of aromatic nitrogens is 4. The molecule has 3 heterocycles. The van der Waals surface area contributed by atoms with Crippen LogP contribution in [0.3, 0.4) is 0 Å². The van der Waals surface area contributed by atoms with Crippen LogP contribution in [0.15, 0.2) is 61.2 Å². The Bertz CT molecular complexity index is 1150. The van der Waals surface area contributed by atoms with Crippen LogP contribution in [0.25, 0.3) is 11.0 Å². The molecule has 2 aromatic heterocycles. The van der Waals surface area contributed by atoms with Crippen molar-refractivity contribution in [1.29, 1.82) is 0 Å². The highest BCUT2D eigenvalue weighted by Crippen LogP contribution is 2.31. The normalized spacial score (nSPS) is 15.5. The SMILES string of the molecule is O=C(Nc1cnn(CC2COc3ccccc3O2)c1)c1ccc2nc[nH]c2c1. The molecule has 8 nitrogen and oxygen atoms in total. The van der Waals surface area contributed by atoms with E-state index < -0.39 is 0 Å². The molecule has 5 rings (SSSR count). The third kappa shape index (κ3) is 3.16. The zero-order valence-electron chi connectivity index (χ0n) is 14.8. The van der Waals surface area contributed by atoms with Gasteiger partial charge in [0, 0.05) is 11.8 Å². The number of carbonyl (C=O) groups excluding carboxylic acids is 1. The molecular weight excluding hydrogens is 358 g/mol. The molecule has 28 heavy (non-hydrogen) atoms. The van der Waals surface area contributed by atoms with Crippen LogP contribution in [0.4, 0.5) is 5.69 Å². The molecular formula is C20H17N5O3. The van der Waals surface area contributed by atoms with Gasteiger partial charge in [-0.05, 0) is 30.3 Å². The van der Waals surface area contributed by atoms with Gasteiger partial charge in [-0.25, -0.2) is 4.98 Å². The van der Waals surface area contributed by atoms with Gasteiger partial charge in [-0.2, -0.15) is 5.10 Å². The van der Waals surface area contributed by atoms with E-state index in [9.17, 15) is 4.79 Å². The summed E-state index contributed by atoms with van der Waals surface area (Å²) in [6.07, 6.45) is 4.84. The zero-order chi connectivity index (χ0) is 18.9. The van der Waals surface area contributed by atoms with E-state index in [1.54, 1.807) is 35.5 Å². The Morgan fingerprint density at radius 3 is 3.07 bits per heavy atom. The lowest BCUT2D eigenvalue weighted by atomic mass is 10.2. The molecule has 0 saturated carbocycles. The second-order valence-electron chi connectivity index (χ2n) is 6.54.